The highest BCUT2D eigenvalue weighted by Gasteiger charge is 2.24. The first-order chi connectivity index (χ1) is 12.6. The predicted molar refractivity (Wildman–Crippen MR) is 101 cm³/mol. The average molecular weight is 375 g/mol. The molecule has 138 valence electrons. The van der Waals surface area contributed by atoms with Crippen molar-refractivity contribution in [3.63, 3.8) is 0 Å². The van der Waals surface area contributed by atoms with Crippen LogP contribution in [0.25, 0.3) is 16.8 Å². The van der Waals surface area contributed by atoms with Crippen LogP contribution >= 0.6 is 11.8 Å². The Morgan fingerprint density at radius 1 is 1.46 bits per heavy atom. The number of nitrogens with two attached hydrogens (primary N) is 1. The zero-order chi connectivity index (χ0) is 18.3. The molecule has 1 atom stereocenters. The van der Waals surface area contributed by atoms with Gasteiger partial charge in [0, 0.05) is 36.2 Å². The molecule has 1 saturated heterocycles. The molecule has 3 aromatic rings. The summed E-state index contributed by atoms with van der Waals surface area (Å²) >= 11 is 1.73. The zero-order valence-electron chi connectivity index (χ0n) is 14.9. The van der Waals surface area contributed by atoms with Crippen LogP contribution in [0.1, 0.15) is 25.3 Å². The van der Waals surface area contributed by atoms with Crippen molar-refractivity contribution in [3.05, 3.63) is 23.9 Å². The average Bonchev–Trinajstić information content (AvgIpc) is 3.19. The van der Waals surface area contributed by atoms with Gasteiger partial charge in [-0.1, -0.05) is 6.92 Å². The molecule has 0 amide bonds. The lowest BCUT2D eigenvalue weighted by Gasteiger charge is -2.23. The van der Waals surface area contributed by atoms with Crippen LogP contribution in [0.15, 0.2) is 17.4 Å². The maximum atomic E-state index is 14.6. The minimum Gasteiger partial charge on any atom is -0.383 e. The molecule has 26 heavy (non-hydrogen) atoms. The maximum Gasteiger partial charge on any atom is 0.243 e. The Labute approximate surface area is 155 Å². The molecule has 1 fully saturated rings. The first kappa shape index (κ1) is 17.3. The van der Waals surface area contributed by atoms with Crippen LogP contribution < -0.4 is 11.1 Å². The Bertz CT molecular complexity index is 942. The molecule has 0 bridgehead atoms. The van der Waals surface area contributed by atoms with Crippen molar-refractivity contribution in [2.45, 2.75) is 36.5 Å². The molecule has 7 nitrogen and oxygen atoms in total. The first-order valence-electron chi connectivity index (χ1n) is 8.81. The number of halogens is 1. The topological polar surface area (TPSA) is 86.1 Å². The molecule has 1 unspecified atom stereocenters. The van der Waals surface area contributed by atoms with Gasteiger partial charge in [-0.3, -0.25) is 4.68 Å². The van der Waals surface area contributed by atoms with E-state index in [1.807, 2.05) is 6.92 Å². The van der Waals surface area contributed by atoms with Crippen molar-refractivity contribution in [1.29, 1.82) is 0 Å². The number of anilines is 1. The number of nitrogens with zero attached hydrogens (tertiary/aromatic N) is 5. The Morgan fingerprint density at radius 2 is 2.31 bits per heavy atom. The summed E-state index contributed by atoms with van der Waals surface area (Å²) in [6.45, 7) is 4.04. The van der Waals surface area contributed by atoms with Gasteiger partial charge in [0.15, 0.2) is 5.65 Å². The summed E-state index contributed by atoms with van der Waals surface area (Å²) < 4.78 is 17.7. The Balaban J connectivity index is 1.85. The van der Waals surface area contributed by atoms with Crippen molar-refractivity contribution in [2.24, 2.45) is 7.05 Å². The van der Waals surface area contributed by atoms with E-state index in [1.165, 1.54) is 4.52 Å². The van der Waals surface area contributed by atoms with Gasteiger partial charge in [0.2, 0.25) is 5.95 Å². The number of aryl methyl sites for hydroxylation is 1. The fourth-order valence-corrected chi connectivity index (χ4v) is 4.69. The van der Waals surface area contributed by atoms with Gasteiger partial charge < -0.3 is 11.1 Å². The molecule has 1 aliphatic rings. The Morgan fingerprint density at radius 3 is 2.96 bits per heavy atom. The van der Waals surface area contributed by atoms with Crippen LogP contribution in [-0.2, 0) is 13.5 Å². The lowest BCUT2D eigenvalue weighted by atomic mass is 10.2. The third-order valence-corrected chi connectivity index (χ3v) is 6.00. The lowest BCUT2D eigenvalue weighted by Crippen LogP contribution is -2.31. The normalized spacial score (nSPS) is 17.9. The number of piperidine rings is 1. The van der Waals surface area contributed by atoms with Crippen LogP contribution in [0.2, 0.25) is 0 Å². The summed E-state index contributed by atoms with van der Waals surface area (Å²) in [5.41, 5.74) is 8.70. The quantitative estimate of drug-likeness (QED) is 0.681. The van der Waals surface area contributed by atoms with Crippen molar-refractivity contribution in [3.8, 4) is 11.1 Å². The second-order valence-electron chi connectivity index (χ2n) is 6.52. The molecule has 0 radical (unpaired) electrons. The first-order valence-corrected chi connectivity index (χ1v) is 9.69. The molecule has 0 spiro atoms. The largest absolute Gasteiger partial charge is 0.383 e. The molecular formula is C17H22FN7S. The molecule has 9 heteroatoms. The molecule has 3 N–H and O–H groups in total. The van der Waals surface area contributed by atoms with Crippen LogP contribution in [-0.4, -0.2) is 42.7 Å². The Kier molecular flexibility index (Phi) is 4.58. The van der Waals surface area contributed by atoms with Gasteiger partial charge in [-0.05, 0) is 25.8 Å². The van der Waals surface area contributed by atoms with E-state index in [1.54, 1.807) is 35.9 Å². The van der Waals surface area contributed by atoms with E-state index in [-0.39, 0.29) is 0 Å². The lowest BCUT2D eigenvalue weighted by molar-refractivity contribution is 0.531. The SMILES string of the molecule is CCc1c(SC2CCCNC2)nc2c(-c3cnn(C)c3)c(F)nn2c1N. The van der Waals surface area contributed by atoms with E-state index in [9.17, 15) is 4.39 Å². The number of rotatable bonds is 4. The van der Waals surface area contributed by atoms with Gasteiger partial charge in [-0.25, -0.2) is 4.98 Å². The fourth-order valence-electron chi connectivity index (χ4n) is 3.36. The van der Waals surface area contributed by atoms with E-state index in [0.717, 1.165) is 42.9 Å². The van der Waals surface area contributed by atoms with Gasteiger partial charge >= 0.3 is 0 Å². The van der Waals surface area contributed by atoms with Crippen LogP contribution in [0.3, 0.4) is 0 Å². The third-order valence-electron chi connectivity index (χ3n) is 4.70. The fraction of sp³-hybridized carbons (Fsp3) is 0.471. The van der Waals surface area contributed by atoms with Crippen LogP contribution in [0, 0.1) is 5.95 Å². The summed E-state index contributed by atoms with van der Waals surface area (Å²) in [7, 11) is 1.79. The monoisotopic (exact) mass is 375 g/mol. The van der Waals surface area contributed by atoms with E-state index in [2.05, 4.69) is 15.5 Å². The van der Waals surface area contributed by atoms with Crippen LogP contribution in [0.5, 0.6) is 0 Å². The minimum absolute atomic E-state index is 0.344. The molecule has 4 rings (SSSR count). The molecular weight excluding hydrogens is 353 g/mol. The van der Waals surface area contributed by atoms with E-state index in [0.29, 0.717) is 27.8 Å². The minimum atomic E-state index is -0.583. The summed E-state index contributed by atoms with van der Waals surface area (Å²) in [6.07, 6.45) is 6.38. The molecule has 3 aromatic heterocycles. The van der Waals surface area contributed by atoms with Gasteiger partial charge in [0.1, 0.15) is 10.8 Å². The van der Waals surface area contributed by atoms with Crippen molar-refractivity contribution >= 4 is 23.2 Å². The molecule has 1 aliphatic heterocycles. The van der Waals surface area contributed by atoms with Crippen LogP contribution in [0.4, 0.5) is 10.2 Å². The van der Waals surface area contributed by atoms with Crippen molar-refractivity contribution in [1.82, 2.24) is 29.7 Å². The predicted octanol–water partition coefficient (Wildman–Crippen LogP) is 2.26. The molecule has 4 heterocycles. The Hall–Kier alpha value is -2.13. The molecule has 0 aliphatic carbocycles. The second-order valence-corrected chi connectivity index (χ2v) is 7.81. The smallest absolute Gasteiger partial charge is 0.243 e. The van der Waals surface area contributed by atoms with Gasteiger partial charge in [-0.15, -0.1) is 16.9 Å². The summed E-state index contributed by atoms with van der Waals surface area (Å²) in [6, 6.07) is 0. The number of nitrogens with one attached hydrogen (secondary N) is 1. The van der Waals surface area contributed by atoms with E-state index >= 15 is 0 Å². The number of nitrogen functional groups attached to an aromatic ring is 1. The molecule has 0 aromatic carbocycles. The van der Waals surface area contributed by atoms with Crippen molar-refractivity contribution < 1.29 is 4.39 Å². The summed E-state index contributed by atoms with van der Waals surface area (Å²) in [5, 5.41) is 12.9. The zero-order valence-corrected chi connectivity index (χ0v) is 15.7. The van der Waals surface area contributed by atoms with Gasteiger partial charge in [0.25, 0.3) is 0 Å². The second kappa shape index (κ2) is 6.88. The number of hydrogen-bond acceptors (Lipinski definition) is 6. The standard InChI is InChI=1S/C17H22FN7S/c1-3-12-15(19)25-16(22-17(12)26-11-5-4-6-20-8-11)13(14(18)23-25)10-7-21-24(2)9-10/h7,9,11,20H,3-6,8,19H2,1-2H3. The maximum absolute atomic E-state index is 14.6. The van der Waals surface area contributed by atoms with Crippen molar-refractivity contribution in [2.75, 3.05) is 18.8 Å². The highest BCUT2D eigenvalue weighted by atomic mass is 32.2. The molecule has 0 saturated carbocycles. The number of hydrogen-bond donors (Lipinski definition) is 2. The van der Waals surface area contributed by atoms with E-state index in [4.69, 9.17) is 10.7 Å². The summed E-state index contributed by atoms with van der Waals surface area (Å²) in [5.74, 6) is -0.126. The van der Waals surface area contributed by atoms with E-state index < -0.39 is 5.95 Å². The van der Waals surface area contributed by atoms with Gasteiger partial charge in [-0.2, -0.15) is 14.0 Å². The summed E-state index contributed by atoms with van der Waals surface area (Å²) in [4.78, 5) is 4.79. The highest BCUT2D eigenvalue weighted by molar-refractivity contribution is 8.00. The number of fused-ring (bicyclic) bond motifs is 1. The number of thioether (sulfide) groups is 1. The third kappa shape index (κ3) is 2.95. The number of aromatic nitrogens is 5. The van der Waals surface area contributed by atoms with Gasteiger partial charge in [0.05, 0.1) is 11.8 Å². The highest BCUT2D eigenvalue weighted by Crippen LogP contribution is 2.35.